The first-order valence-electron chi connectivity index (χ1n) is 4.56. The van der Waals surface area contributed by atoms with Crippen LogP contribution < -0.4 is 5.73 Å². The number of aryl methyl sites for hydroxylation is 1. The van der Waals surface area contributed by atoms with Gasteiger partial charge in [-0.3, -0.25) is 10.1 Å². The summed E-state index contributed by atoms with van der Waals surface area (Å²) in [6.07, 6.45) is 0. The van der Waals surface area contributed by atoms with Crippen LogP contribution in [0.5, 0.6) is 0 Å². The molecular weight excluding hydrogens is 232 g/mol. The van der Waals surface area contributed by atoms with Crippen molar-refractivity contribution in [2.75, 3.05) is 12.3 Å². The highest BCUT2D eigenvalue weighted by Gasteiger charge is 2.18. The molecule has 1 rings (SSSR count). The van der Waals surface area contributed by atoms with Crippen molar-refractivity contribution in [1.29, 1.82) is 0 Å². The molecule has 0 saturated heterocycles. The molecule has 0 aliphatic carbocycles. The summed E-state index contributed by atoms with van der Waals surface area (Å²) < 4.78 is 23.2. The molecule has 0 aliphatic heterocycles. The lowest BCUT2D eigenvalue weighted by Crippen LogP contribution is -2.16. The van der Waals surface area contributed by atoms with Gasteiger partial charge in [-0.1, -0.05) is 6.07 Å². The molecule has 0 atom stereocenters. The number of benzene rings is 1. The highest BCUT2D eigenvalue weighted by molar-refractivity contribution is 7.91. The Kier molecular flexibility index (Phi) is 3.61. The Labute approximate surface area is 93.1 Å². The molecule has 0 aliphatic rings. The van der Waals surface area contributed by atoms with Gasteiger partial charge in [-0.15, -0.1) is 0 Å². The van der Waals surface area contributed by atoms with Gasteiger partial charge >= 0.3 is 0 Å². The van der Waals surface area contributed by atoms with Crippen molar-refractivity contribution < 1.29 is 13.3 Å². The Morgan fingerprint density at radius 3 is 2.56 bits per heavy atom. The van der Waals surface area contributed by atoms with E-state index in [-0.39, 0.29) is 22.9 Å². The quantitative estimate of drug-likeness (QED) is 0.618. The lowest BCUT2D eigenvalue weighted by Gasteiger charge is -2.03. The van der Waals surface area contributed by atoms with Crippen LogP contribution in [0.3, 0.4) is 0 Å². The van der Waals surface area contributed by atoms with E-state index in [9.17, 15) is 18.5 Å². The van der Waals surface area contributed by atoms with Crippen molar-refractivity contribution in [1.82, 2.24) is 0 Å². The normalized spacial score (nSPS) is 11.4. The lowest BCUT2D eigenvalue weighted by atomic mass is 10.2. The van der Waals surface area contributed by atoms with E-state index in [0.29, 0.717) is 5.56 Å². The summed E-state index contributed by atoms with van der Waals surface area (Å²) >= 11 is 0. The standard InChI is InChI=1S/C9H12N2O4S/c1-7-2-3-8(6-9(7)11(12)13)16(14,15)5-4-10/h2-3,6H,4-5,10H2,1H3. The summed E-state index contributed by atoms with van der Waals surface area (Å²) in [5, 5.41) is 10.6. The maximum atomic E-state index is 11.6. The summed E-state index contributed by atoms with van der Waals surface area (Å²) in [6.45, 7) is 1.54. The van der Waals surface area contributed by atoms with Gasteiger partial charge in [0.2, 0.25) is 0 Å². The number of nitrogens with zero attached hydrogens (tertiary/aromatic N) is 1. The Bertz CT molecular complexity index is 510. The number of nitro groups is 1. The summed E-state index contributed by atoms with van der Waals surface area (Å²) in [6, 6.07) is 3.84. The zero-order chi connectivity index (χ0) is 12.3. The monoisotopic (exact) mass is 244 g/mol. The Balaban J connectivity index is 3.28. The zero-order valence-electron chi connectivity index (χ0n) is 8.71. The largest absolute Gasteiger partial charge is 0.329 e. The van der Waals surface area contributed by atoms with Crippen molar-refractivity contribution in [3.63, 3.8) is 0 Å². The minimum Gasteiger partial charge on any atom is -0.329 e. The van der Waals surface area contributed by atoms with Gasteiger partial charge in [-0.25, -0.2) is 8.42 Å². The summed E-state index contributed by atoms with van der Waals surface area (Å²) in [5.41, 5.74) is 5.40. The molecule has 6 nitrogen and oxygen atoms in total. The highest BCUT2D eigenvalue weighted by Crippen LogP contribution is 2.22. The Morgan fingerprint density at radius 2 is 2.06 bits per heavy atom. The van der Waals surface area contributed by atoms with Crippen LogP contribution in [0.15, 0.2) is 23.1 Å². The van der Waals surface area contributed by atoms with E-state index >= 15 is 0 Å². The average Bonchev–Trinajstić information content (AvgIpc) is 2.17. The fraction of sp³-hybridized carbons (Fsp3) is 0.333. The smallest absolute Gasteiger partial charge is 0.273 e. The first-order chi connectivity index (χ1) is 7.38. The zero-order valence-corrected chi connectivity index (χ0v) is 9.53. The van der Waals surface area contributed by atoms with Gasteiger partial charge in [-0.05, 0) is 13.0 Å². The van der Waals surface area contributed by atoms with Gasteiger partial charge in [0.05, 0.1) is 15.6 Å². The summed E-state index contributed by atoms with van der Waals surface area (Å²) in [5.74, 6) is -0.215. The van der Waals surface area contributed by atoms with Crippen LogP contribution in [0, 0.1) is 17.0 Å². The first-order valence-corrected chi connectivity index (χ1v) is 6.21. The van der Waals surface area contributed by atoms with Crippen LogP contribution in [0.25, 0.3) is 0 Å². The molecular formula is C9H12N2O4S. The molecule has 1 aromatic rings. The molecule has 2 N–H and O–H groups in total. The van der Waals surface area contributed by atoms with Crippen LogP contribution in [-0.2, 0) is 9.84 Å². The predicted molar refractivity (Wildman–Crippen MR) is 58.9 cm³/mol. The van der Waals surface area contributed by atoms with Crippen LogP contribution in [0.2, 0.25) is 0 Å². The Morgan fingerprint density at radius 1 is 1.44 bits per heavy atom. The average molecular weight is 244 g/mol. The SMILES string of the molecule is Cc1ccc(S(=O)(=O)CCN)cc1[N+](=O)[O-]. The molecule has 0 bridgehead atoms. The van der Waals surface area contributed by atoms with E-state index in [1.54, 1.807) is 6.92 Å². The third kappa shape index (κ3) is 2.56. The number of nitro benzene ring substituents is 1. The van der Waals surface area contributed by atoms with E-state index in [4.69, 9.17) is 5.73 Å². The van der Waals surface area contributed by atoms with Gasteiger partial charge < -0.3 is 5.73 Å². The van der Waals surface area contributed by atoms with Gasteiger partial charge in [0.15, 0.2) is 9.84 Å². The molecule has 88 valence electrons. The van der Waals surface area contributed by atoms with Gasteiger partial charge in [0.1, 0.15) is 0 Å². The first kappa shape index (κ1) is 12.6. The van der Waals surface area contributed by atoms with Crippen LogP contribution in [0.1, 0.15) is 5.56 Å². The molecule has 16 heavy (non-hydrogen) atoms. The third-order valence-corrected chi connectivity index (χ3v) is 3.87. The molecule has 0 spiro atoms. The fourth-order valence-corrected chi connectivity index (χ4v) is 2.36. The molecule has 0 fully saturated rings. The second-order valence-electron chi connectivity index (χ2n) is 3.31. The van der Waals surface area contributed by atoms with Crippen molar-refractivity contribution in [2.45, 2.75) is 11.8 Å². The topological polar surface area (TPSA) is 103 Å². The molecule has 0 unspecified atom stereocenters. The molecule has 0 saturated carbocycles. The number of sulfone groups is 1. The van der Waals surface area contributed by atoms with E-state index in [1.807, 2.05) is 0 Å². The lowest BCUT2D eigenvalue weighted by molar-refractivity contribution is -0.385. The number of rotatable bonds is 4. The molecule has 1 aromatic carbocycles. The summed E-state index contributed by atoms with van der Waals surface area (Å²) in [4.78, 5) is 9.98. The predicted octanol–water partition coefficient (Wildman–Crippen LogP) is 0.636. The second-order valence-corrected chi connectivity index (χ2v) is 5.42. The minimum atomic E-state index is -3.51. The van der Waals surface area contributed by atoms with Crippen LogP contribution >= 0.6 is 0 Å². The van der Waals surface area contributed by atoms with Gasteiger partial charge in [-0.2, -0.15) is 0 Å². The fourth-order valence-electron chi connectivity index (χ4n) is 1.25. The third-order valence-electron chi connectivity index (χ3n) is 2.12. The van der Waals surface area contributed by atoms with Crippen LogP contribution in [0.4, 0.5) is 5.69 Å². The summed E-state index contributed by atoms with van der Waals surface area (Å²) in [7, 11) is -3.51. The highest BCUT2D eigenvalue weighted by atomic mass is 32.2. The van der Waals surface area contributed by atoms with E-state index in [0.717, 1.165) is 6.07 Å². The maximum absolute atomic E-state index is 11.6. The minimum absolute atomic E-state index is 0.00991. The van der Waals surface area contributed by atoms with Crippen molar-refractivity contribution in [2.24, 2.45) is 5.73 Å². The maximum Gasteiger partial charge on any atom is 0.273 e. The van der Waals surface area contributed by atoms with Gasteiger partial charge in [0, 0.05) is 18.2 Å². The number of hydrogen-bond acceptors (Lipinski definition) is 5. The second kappa shape index (κ2) is 4.58. The van der Waals surface area contributed by atoms with E-state index in [1.165, 1.54) is 12.1 Å². The number of hydrogen-bond donors (Lipinski definition) is 1. The van der Waals surface area contributed by atoms with E-state index < -0.39 is 14.8 Å². The van der Waals surface area contributed by atoms with Gasteiger partial charge in [0.25, 0.3) is 5.69 Å². The van der Waals surface area contributed by atoms with E-state index in [2.05, 4.69) is 0 Å². The number of nitrogens with two attached hydrogens (primary N) is 1. The molecule has 0 radical (unpaired) electrons. The molecule has 0 heterocycles. The van der Waals surface area contributed by atoms with Crippen molar-refractivity contribution in [3.8, 4) is 0 Å². The molecule has 0 aromatic heterocycles. The van der Waals surface area contributed by atoms with Crippen molar-refractivity contribution >= 4 is 15.5 Å². The molecule has 0 amide bonds. The van der Waals surface area contributed by atoms with Crippen LogP contribution in [-0.4, -0.2) is 25.6 Å². The molecule has 7 heteroatoms. The Hall–Kier alpha value is -1.47. The van der Waals surface area contributed by atoms with Crippen molar-refractivity contribution in [3.05, 3.63) is 33.9 Å².